The molecule has 0 atom stereocenters. The number of aromatic nitrogens is 2. The standard InChI is InChI=1S/C24H21N5O3/c1-15-23(27-11-10-26-15)32-20-8-9-21(22(13-20)28-18-6-7-18)17(14-25)12-16-2-4-19(5-3-16)29-24(30)31/h2-5,8-13,18,28-29H,6-7H2,1H3,(H,30,31)/b17-12+. The second-order valence-electron chi connectivity index (χ2n) is 7.40. The Balaban J connectivity index is 1.64. The first-order valence-corrected chi connectivity index (χ1v) is 10.1. The van der Waals surface area contributed by atoms with E-state index < -0.39 is 6.09 Å². The van der Waals surface area contributed by atoms with Crippen molar-refractivity contribution in [3.05, 3.63) is 71.7 Å². The number of hydrogen-bond acceptors (Lipinski definition) is 6. The van der Waals surface area contributed by atoms with Crippen LogP contribution in [0.25, 0.3) is 11.6 Å². The van der Waals surface area contributed by atoms with Gasteiger partial charge in [0, 0.05) is 41.4 Å². The molecular formula is C24H21N5O3. The third-order valence-electron chi connectivity index (χ3n) is 4.86. The lowest BCUT2D eigenvalue weighted by molar-refractivity contribution is 0.209. The predicted molar refractivity (Wildman–Crippen MR) is 122 cm³/mol. The number of rotatable bonds is 7. The van der Waals surface area contributed by atoms with Crippen molar-refractivity contribution in [1.29, 1.82) is 5.26 Å². The molecule has 3 N–H and O–H groups in total. The van der Waals surface area contributed by atoms with E-state index in [1.165, 1.54) is 0 Å². The Morgan fingerprint density at radius 1 is 1.19 bits per heavy atom. The molecule has 1 fully saturated rings. The highest BCUT2D eigenvalue weighted by atomic mass is 16.5. The van der Waals surface area contributed by atoms with Crippen molar-refractivity contribution in [2.24, 2.45) is 0 Å². The fourth-order valence-corrected chi connectivity index (χ4v) is 3.12. The molecule has 1 aliphatic carbocycles. The van der Waals surface area contributed by atoms with E-state index in [4.69, 9.17) is 9.84 Å². The van der Waals surface area contributed by atoms with E-state index >= 15 is 0 Å². The summed E-state index contributed by atoms with van der Waals surface area (Å²) in [5.74, 6) is 1.03. The Hall–Kier alpha value is -4.38. The highest BCUT2D eigenvalue weighted by molar-refractivity contribution is 5.94. The van der Waals surface area contributed by atoms with Crippen LogP contribution in [0.2, 0.25) is 0 Å². The van der Waals surface area contributed by atoms with Gasteiger partial charge in [-0.3, -0.25) is 10.3 Å². The van der Waals surface area contributed by atoms with Gasteiger partial charge in [-0.15, -0.1) is 0 Å². The second kappa shape index (κ2) is 9.18. The van der Waals surface area contributed by atoms with Gasteiger partial charge in [0.05, 0.1) is 17.3 Å². The molecule has 32 heavy (non-hydrogen) atoms. The summed E-state index contributed by atoms with van der Waals surface area (Å²) in [5.41, 5.74) is 3.98. The molecule has 1 aromatic heterocycles. The fraction of sp³-hybridized carbons (Fsp3) is 0.167. The van der Waals surface area contributed by atoms with Gasteiger partial charge in [0.2, 0.25) is 5.88 Å². The van der Waals surface area contributed by atoms with Crippen LogP contribution < -0.4 is 15.4 Å². The van der Waals surface area contributed by atoms with Crippen molar-refractivity contribution in [2.45, 2.75) is 25.8 Å². The minimum atomic E-state index is -1.12. The number of hydrogen-bond donors (Lipinski definition) is 3. The molecule has 2 aromatic carbocycles. The van der Waals surface area contributed by atoms with Crippen LogP contribution in [-0.2, 0) is 0 Å². The molecule has 0 spiro atoms. The molecule has 0 saturated heterocycles. The van der Waals surface area contributed by atoms with E-state index in [2.05, 4.69) is 26.7 Å². The molecule has 1 amide bonds. The molecule has 3 aromatic rings. The van der Waals surface area contributed by atoms with Crippen molar-refractivity contribution >= 4 is 29.1 Å². The number of carbonyl (C=O) groups is 1. The van der Waals surface area contributed by atoms with Gasteiger partial charge in [0.25, 0.3) is 0 Å². The van der Waals surface area contributed by atoms with E-state index in [-0.39, 0.29) is 0 Å². The Bertz CT molecular complexity index is 1210. The topological polar surface area (TPSA) is 120 Å². The van der Waals surface area contributed by atoms with Crippen LogP contribution in [0.1, 0.15) is 29.7 Å². The molecule has 0 aliphatic heterocycles. The number of nitriles is 1. The Morgan fingerprint density at radius 2 is 1.94 bits per heavy atom. The molecule has 1 aliphatic rings. The third-order valence-corrected chi connectivity index (χ3v) is 4.86. The van der Waals surface area contributed by atoms with E-state index in [1.807, 2.05) is 19.1 Å². The van der Waals surface area contributed by atoms with E-state index in [0.29, 0.717) is 34.6 Å². The van der Waals surface area contributed by atoms with Crippen molar-refractivity contribution in [1.82, 2.24) is 9.97 Å². The van der Waals surface area contributed by atoms with Gasteiger partial charge in [0.15, 0.2) is 0 Å². The molecule has 0 bridgehead atoms. The average molecular weight is 427 g/mol. The fourth-order valence-electron chi connectivity index (χ4n) is 3.12. The lowest BCUT2D eigenvalue weighted by Gasteiger charge is -2.14. The van der Waals surface area contributed by atoms with E-state index in [9.17, 15) is 10.1 Å². The largest absolute Gasteiger partial charge is 0.465 e. The average Bonchev–Trinajstić information content (AvgIpc) is 3.59. The normalized spacial score (nSPS) is 13.2. The number of amides is 1. The molecule has 0 radical (unpaired) electrons. The van der Waals surface area contributed by atoms with Crippen LogP contribution in [0.4, 0.5) is 16.2 Å². The van der Waals surface area contributed by atoms with Crippen molar-refractivity contribution < 1.29 is 14.6 Å². The zero-order valence-electron chi connectivity index (χ0n) is 17.4. The lowest BCUT2D eigenvalue weighted by Crippen LogP contribution is -2.06. The summed E-state index contributed by atoms with van der Waals surface area (Å²) in [7, 11) is 0. The minimum Gasteiger partial charge on any atom is -0.465 e. The van der Waals surface area contributed by atoms with Gasteiger partial charge in [-0.05, 0) is 55.7 Å². The van der Waals surface area contributed by atoms with Gasteiger partial charge >= 0.3 is 6.09 Å². The summed E-state index contributed by atoms with van der Waals surface area (Å²) in [6.45, 7) is 1.83. The molecule has 1 saturated carbocycles. The number of anilines is 2. The number of nitrogens with one attached hydrogen (secondary N) is 2. The maximum atomic E-state index is 10.8. The van der Waals surface area contributed by atoms with Gasteiger partial charge in [-0.2, -0.15) is 5.26 Å². The van der Waals surface area contributed by atoms with Gasteiger partial charge in [-0.1, -0.05) is 12.1 Å². The third kappa shape index (κ3) is 5.21. The highest BCUT2D eigenvalue weighted by Crippen LogP contribution is 2.35. The number of aryl methyl sites for hydroxylation is 1. The Kier molecular flexibility index (Phi) is 5.99. The van der Waals surface area contributed by atoms with Gasteiger partial charge < -0.3 is 15.2 Å². The van der Waals surface area contributed by atoms with E-state index in [0.717, 1.165) is 29.7 Å². The summed E-state index contributed by atoms with van der Waals surface area (Å²) < 4.78 is 5.91. The Morgan fingerprint density at radius 3 is 2.59 bits per heavy atom. The van der Waals surface area contributed by atoms with Gasteiger partial charge in [-0.25, -0.2) is 9.78 Å². The highest BCUT2D eigenvalue weighted by Gasteiger charge is 2.23. The smallest absolute Gasteiger partial charge is 0.409 e. The summed E-state index contributed by atoms with van der Waals surface area (Å²) in [6.07, 6.45) is 5.99. The minimum absolute atomic E-state index is 0.378. The molecular weight excluding hydrogens is 406 g/mol. The molecule has 0 unspecified atom stereocenters. The second-order valence-corrected chi connectivity index (χ2v) is 7.40. The summed E-state index contributed by atoms with van der Waals surface area (Å²) in [6, 6.07) is 15.0. The van der Waals surface area contributed by atoms with Crippen LogP contribution in [0.5, 0.6) is 11.6 Å². The molecule has 1 heterocycles. The number of nitrogens with zero attached hydrogens (tertiary/aromatic N) is 3. The van der Waals surface area contributed by atoms with Gasteiger partial charge in [0.1, 0.15) is 5.75 Å². The molecule has 160 valence electrons. The summed E-state index contributed by atoms with van der Waals surface area (Å²) in [5, 5.41) is 24.4. The van der Waals surface area contributed by atoms with Crippen LogP contribution in [0.3, 0.4) is 0 Å². The first kappa shape index (κ1) is 20.9. The van der Waals surface area contributed by atoms with Crippen LogP contribution in [0.15, 0.2) is 54.9 Å². The maximum Gasteiger partial charge on any atom is 0.409 e. The number of carboxylic acid groups (broad SMARTS) is 1. The van der Waals surface area contributed by atoms with Crippen LogP contribution in [-0.4, -0.2) is 27.2 Å². The molecule has 8 nitrogen and oxygen atoms in total. The SMILES string of the molecule is Cc1nccnc1Oc1ccc(/C(C#N)=C/c2ccc(NC(=O)O)cc2)c(NC2CC2)c1. The van der Waals surface area contributed by atoms with E-state index in [1.54, 1.807) is 48.8 Å². The lowest BCUT2D eigenvalue weighted by atomic mass is 10.0. The molecule has 4 rings (SSSR count). The first-order valence-electron chi connectivity index (χ1n) is 10.1. The predicted octanol–water partition coefficient (Wildman–Crippen LogP) is 5.31. The number of allylic oxidation sites excluding steroid dienone is 1. The maximum absolute atomic E-state index is 10.8. The van der Waals surface area contributed by atoms with Crippen molar-refractivity contribution in [3.8, 4) is 17.7 Å². The quantitative estimate of drug-likeness (QED) is 0.345. The summed E-state index contributed by atoms with van der Waals surface area (Å²) in [4.78, 5) is 19.2. The van der Waals surface area contributed by atoms with Crippen molar-refractivity contribution in [3.63, 3.8) is 0 Å². The first-order chi connectivity index (χ1) is 15.5. The number of benzene rings is 2. The monoisotopic (exact) mass is 427 g/mol. The zero-order chi connectivity index (χ0) is 22.5. The zero-order valence-corrected chi connectivity index (χ0v) is 17.4. The Labute approximate surface area is 185 Å². The summed E-state index contributed by atoms with van der Waals surface area (Å²) >= 11 is 0. The molecule has 8 heteroatoms. The number of ether oxygens (including phenoxy) is 1. The van der Waals surface area contributed by atoms with Crippen molar-refractivity contribution in [2.75, 3.05) is 10.6 Å². The van der Waals surface area contributed by atoms with Crippen LogP contribution >= 0.6 is 0 Å². The van der Waals surface area contributed by atoms with Crippen LogP contribution in [0, 0.1) is 18.3 Å².